The molecule has 1 unspecified atom stereocenters. The number of thioether (sulfide) groups is 1. The van der Waals surface area contributed by atoms with Crippen LogP contribution in [0.1, 0.15) is 13.3 Å². The highest BCUT2D eigenvalue weighted by atomic mass is 32.2. The minimum atomic E-state index is -0.221. The number of rotatable bonds is 5. The molecule has 0 amide bonds. The first-order valence-corrected chi connectivity index (χ1v) is 10.8. The molecule has 6 nitrogen and oxygen atoms in total. The van der Waals surface area contributed by atoms with Crippen LogP contribution < -0.4 is 0 Å². The molecule has 7 heteroatoms. The second-order valence-electron chi connectivity index (χ2n) is 7.05. The van der Waals surface area contributed by atoms with Crippen LogP contribution in [-0.4, -0.2) is 37.6 Å². The monoisotopic (exact) mass is 416 g/mol. The van der Waals surface area contributed by atoms with Gasteiger partial charge in [0.05, 0.1) is 17.8 Å². The molecule has 1 atom stereocenters. The number of benzene rings is 2. The maximum absolute atomic E-state index is 11.9. The Kier molecular flexibility index (Phi) is 4.96. The lowest BCUT2D eigenvalue weighted by atomic mass is 10.0. The molecular formula is C23H20N4O2S. The fraction of sp³-hybridized carbons (Fsp3) is 0.217. The Morgan fingerprint density at radius 2 is 1.90 bits per heavy atom. The van der Waals surface area contributed by atoms with Crippen LogP contribution in [0.25, 0.3) is 33.5 Å². The quantitative estimate of drug-likeness (QED) is 0.443. The molecule has 0 aliphatic carbocycles. The zero-order valence-electron chi connectivity index (χ0n) is 16.5. The predicted molar refractivity (Wildman–Crippen MR) is 117 cm³/mol. The molecule has 0 spiro atoms. The molecule has 5 rings (SSSR count). The van der Waals surface area contributed by atoms with E-state index in [9.17, 15) is 4.79 Å². The molecule has 0 bridgehead atoms. The second kappa shape index (κ2) is 7.91. The van der Waals surface area contributed by atoms with Gasteiger partial charge in [0.1, 0.15) is 5.25 Å². The standard InChI is InChI=1S/C23H20N4O2S/c1-2-27-21(25-26-23(27)30-20-12-13-29-22(20)28)17-14-19(15-8-4-3-5-9-15)24-18-11-7-6-10-16(17)18/h3-11,14,20H,2,12-13H2,1H3. The van der Waals surface area contributed by atoms with Crippen molar-refractivity contribution in [2.75, 3.05) is 6.61 Å². The highest BCUT2D eigenvalue weighted by Gasteiger charge is 2.30. The molecule has 2 aromatic heterocycles. The Morgan fingerprint density at radius 1 is 1.10 bits per heavy atom. The third-order valence-corrected chi connectivity index (χ3v) is 6.42. The summed E-state index contributed by atoms with van der Waals surface area (Å²) < 4.78 is 7.16. The zero-order chi connectivity index (χ0) is 20.5. The summed E-state index contributed by atoms with van der Waals surface area (Å²) in [5.74, 6) is 0.607. The van der Waals surface area contributed by atoms with Crippen LogP contribution in [0.2, 0.25) is 0 Å². The van der Waals surface area contributed by atoms with E-state index in [2.05, 4.69) is 46.0 Å². The first kappa shape index (κ1) is 18.8. The lowest BCUT2D eigenvalue weighted by Crippen LogP contribution is -2.11. The van der Waals surface area contributed by atoms with E-state index in [0.717, 1.165) is 38.7 Å². The van der Waals surface area contributed by atoms with Crippen LogP contribution in [0.3, 0.4) is 0 Å². The number of pyridine rings is 1. The largest absolute Gasteiger partial charge is 0.465 e. The van der Waals surface area contributed by atoms with Crippen molar-refractivity contribution in [3.63, 3.8) is 0 Å². The van der Waals surface area contributed by atoms with Crippen molar-refractivity contribution < 1.29 is 9.53 Å². The maximum Gasteiger partial charge on any atom is 0.319 e. The van der Waals surface area contributed by atoms with Crippen LogP contribution in [0, 0.1) is 0 Å². The van der Waals surface area contributed by atoms with Crippen molar-refractivity contribution >= 4 is 28.6 Å². The minimum absolute atomic E-state index is 0.173. The summed E-state index contributed by atoms with van der Waals surface area (Å²) in [6.45, 7) is 3.23. The Hall–Kier alpha value is -3.19. The van der Waals surface area contributed by atoms with Gasteiger partial charge in [-0.15, -0.1) is 10.2 Å². The molecule has 4 aromatic rings. The number of fused-ring (bicyclic) bond motifs is 1. The van der Waals surface area contributed by atoms with E-state index in [1.807, 2.05) is 36.4 Å². The Balaban J connectivity index is 1.65. The molecule has 2 aromatic carbocycles. The summed E-state index contributed by atoms with van der Waals surface area (Å²) in [6, 6.07) is 20.3. The van der Waals surface area contributed by atoms with Crippen molar-refractivity contribution in [2.45, 2.75) is 30.3 Å². The van der Waals surface area contributed by atoms with Gasteiger partial charge in [0.2, 0.25) is 0 Å². The fourth-order valence-corrected chi connectivity index (χ4v) is 4.75. The summed E-state index contributed by atoms with van der Waals surface area (Å²) in [7, 11) is 0. The summed E-state index contributed by atoms with van der Waals surface area (Å²) >= 11 is 1.43. The number of cyclic esters (lactones) is 1. The third kappa shape index (κ3) is 3.35. The van der Waals surface area contributed by atoms with Crippen molar-refractivity contribution in [3.8, 4) is 22.6 Å². The van der Waals surface area contributed by atoms with Gasteiger partial charge in [0.25, 0.3) is 0 Å². The lowest BCUT2D eigenvalue weighted by Gasteiger charge is -2.12. The van der Waals surface area contributed by atoms with Gasteiger partial charge >= 0.3 is 5.97 Å². The average molecular weight is 417 g/mol. The molecule has 1 aliphatic heterocycles. The van der Waals surface area contributed by atoms with Crippen LogP contribution >= 0.6 is 11.8 Å². The molecule has 150 valence electrons. The van der Waals surface area contributed by atoms with E-state index in [1.165, 1.54) is 11.8 Å². The first-order valence-electron chi connectivity index (χ1n) is 9.96. The van der Waals surface area contributed by atoms with Gasteiger partial charge in [0, 0.05) is 29.5 Å². The van der Waals surface area contributed by atoms with Crippen LogP contribution in [0.5, 0.6) is 0 Å². The van der Waals surface area contributed by atoms with Gasteiger partial charge in [-0.3, -0.25) is 4.79 Å². The molecule has 0 radical (unpaired) electrons. The van der Waals surface area contributed by atoms with Gasteiger partial charge in [0.15, 0.2) is 11.0 Å². The average Bonchev–Trinajstić information content (AvgIpc) is 3.39. The van der Waals surface area contributed by atoms with E-state index in [0.29, 0.717) is 19.6 Å². The first-order chi connectivity index (χ1) is 14.7. The van der Waals surface area contributed by atoms with E-state index >= 15 is 0 Å². The van der Waals surface area contributed by atoms with Gasteiger partial charge < -0.3 is 9.30 Å². The van der Waals surface area contributed by atoms with E-state index in [-0.39, 0.29) is 11.2 Å². The summed E-state index contributed by atoms with van der Waals surface area (Å²) in [6.07, 6.45) is 0.700. The van der Waals surface area contributed by atoms with E-state index in [4.69, 9.17) is 9.72 Å². The molecule has 30 heavy (non-hydrogen) atoms. The highest BCUT2D eigenvalue weighted by molar-refractivity contribution is 8.00. The molecule has 1 aliphatic rings. The van der Waals surface area contributed by atoms with Crippen molar-refractivity contribution in [2.24, 2.45) is 0 Å². The Morgan fingerprint density at radius 3 is 2.67 bits per heavy atom. The fourth-order valence-electron chi connectivity index (χ4n) is 3.69. The number of hydrogen-bond donors (Lipinski definition) is 0. The number of para-hydroxylation sites is 1. The zero-order valence-corrected chi connectivity index (χ0v) is 17.3. The van der Waals surface area contributed by atoms with Gasteiger partial charge in [-0.05, 0) is 19.1 Å². The number of ether oxygens (including phenoxy) is 1. The number of aromatic nitrogens is 4. The maximum atomic E-state index is 11.9. The summed E-state index contributed by atoms with van der Waals surface area (Å²) in [4.78, 5) is 16.8. The molecule has 1 saturated heterocycles. The Labute approximate surface area is 178 Å². The molecule has 1 fully saturated rings. The van der Waals surface area contributed by atoms with Crippen molar-refractivity contribution in [1.82, 2.24) is 19.7 Å². The molecule has 0 N–H and O–H groups in total. The van der Waals surface area contributed by atoms with Crippen LogP contribution in [-0.2, 0) is 16.1 Å². The third-order valence-electron chi connectivity index (χ3n) is 5.19. The summed E-state index contributed by atoms with van der Waals surface area (Å²) in [5, 5.41) is 10.5. The SMILES string of the molecule is CCn1c(SC2CCOC2=O)nnc1-c1cc(-c2ccccc2)nc2ccccc12. The topological polar surface area (TPSA) is 69.9 Å². The van der Waals surface area contributed by atoms with E-state index in [1.54, 1.807) is 0 Å². The normalized spacial score (nSPS) is 16.2. The summed E-state index contributed by atoms with van der Waals surface area (Å²) in [5.41, 5.74) is 3.83. The Bertz CT molecular complexity index is 1220. The van der Waals surface area contributed by atoms with Gasteiger partial charge in [-0.25, -0.2) is 4.98 Å². The molecule has 0 saturated carbocycles. The van der Waals surface area contributed by atoms with Crippen molar-refractivity contribution in [1.29, 1.82) is 0 Å². The van der Waals surface area contributed by atoms with E-state index < -0.39 is 0 Å². The van der Waals surface area contributed by atoms with Crippen LogP contribution in [0.4, 0.5) is 0 Å². The predicted octanol–water partition coefficient (Wildman–Crippen LogP) is 4.59. The molecular weight excluding hydrogens is 396 g/mol. The molecule has 3 heterocycles. The lowest BCUT2D eigenvalue weighted by molar-refractivity contribution is -0.137. The highest BCUT2D eigenvalue weighted by Crippen LogP contribution is 2.35. The smallest absolute Gasteiger partial charge is 0.319 e. The van der Waals surface area contributed by atoms with Gasteiger partial charge in [-0.2, -0.15) is 0 Å². The number of esters is 1. The number of hydrogen-bond acceptors (Lipinski definition) is 6. The van der Waals surface area contributed by atoms with Gasteiger partial charge in [-0.1, -0.05) is 60.3 Å². The second-order valence-corrected chi connectivity index (χ2v) is 8.22. The van der Waals surface area contributed by atoms with Crippen molar-refractivity contribution in [3.05, 3.63) is 60.7 Å². The number of nitrogens with zero attached hydrogens (tertiary/aromatic N) is 4. The van der Waals surface area contributed by atoms with Crippen LogP contribution in [0.15, 0.2) is 65.8 Å². The minimum Gasteiger partial charge on any atom is -0.465 e. The number of carbonyl (C=O) groups excluding carboxylic acids is 1. The number of carbonyl (C=O) groups is 1.